The largest absolute Gasteiger partial charge is 0.356 e. The molecule has 0 atom stereocenters. The molecule has 0 aliphatic carbocycles. The number of unbranched alkanes of at least 4 members (excludes halogenated alkanes) is 1. The van der Waals surface area contributed by atoms with Gasteiger partial charge in [0.15, 0.2) is 0 Å². The molecule has 2 heterocycles. The summed E-state index contributed by atoms with van der Waals surface area (Å²) in [5, 5.41) is 2.78. The first-order valence-electron chi connectivity index (χ1n) is 7.91. The monoisotopic (exact) mass is 304 g/mol. The van der Waals surface area contributed by atoms with Crippen LogP contribution in [0.5, 0.6) is 0 Å². The highest BCUT2D eigenvalue weighted by Gasteiger charge is 2.23. The molecule has 0 aromatic carbocycles. The molecule has 120 valence electrons. The van der Waals surface area contributed by atoms with E-state index in [-0.39, 0.29) is 18.2 Å². The fourth-order valence-corrected chi connectivity index (χ4v) is 2.44. The first-order valence-corrected chi connectivity index (χ1v) is 7.91. The highest BCUT2D eigenvalue weighted by Crippen LogP contribution is 2.12. The molecule has 0 radical (unpaired) electrons. The van der Waals surface area contributed by atoms with Gasteiger partial charge in [0, 0.05) is 38.9 Å². The van der Waals surface area contributed by atoms with Gasteiger partial charge in [-0.25, -0.2) is 4.98 Å². The maximum Gasteiger partial charge on any atom is 0.232 e. The molecule has 0 unspecified atom stereocenters. The Balaban J connectivity index is 1.74. The van der Waals surface area contributed by atoms with Gasteiger partial charge in [-0.15, -0.1) is 0 Å². The van der Waals surface area contributed by atoms with Crippen molar-refractivity contribution in [3.63, 3.8) is 0 Å². The van der Waals surface area contributed by atoms with E-state index in [0.717, 1.165) is 31.7 Å². The molecule has 1 fully saturated rings. The third-order valence-corrected chi connectivity index (χ3v) is 3.77. The maximum atomic E-state index is 12.1. The molecule has 1 aromatic heterocycles. The van der Waals surface area contributed by atoms with Gasteiger partial charge in [0.2, 0.25) is 11.8 Å². The first kappa shape index (κ1) is 16.3. The molecule has 1 N–H and O–H groups in total. The molecule has 6 heteroatoms. The van der Waals surface area contributed by atoms with Gasteiger partial charge in [0.1, 0.15) is 12.2 Å². The molecule has 1 aliphatic heterocycles. The lowest BCUT2D eigenvalue weighted by molar-refractivity contribution is -0.136. The minimum atomic E-state index is -0.175. The number of carbonyl (C=O) groups is 2. The Bertz CT molecular complexity index is 484. The van der Waals surface area contributed by atoms with Gasteiger partial charge in [-0.05, 0) is 18.6 Å². The Kier molecular flexibility index (Phi) is 6.18. The SMILES string of the molecule is CCCCNC(=O)CC(=O)N1CCN(c2ccccn2)CC1. The zero-order chi connectivity index (χ0) is 15.8. The number of rotatable bonds is 6. The predicted molar refractivity (Wildman–Crippen MR) is 85.6 cm³/mol. The minimum absolute atomic E-state index is 0.0483. The van der Waals surface area contributed by atoms with Crippen LogP contribution in [-0.4, -0.2) is 54.4 Å². The second-order valence-electron chi connectivity index (χ2n) is 5.44. The summed E-state index contributed by atoms with van der Waals surface area (Å²) in [4.78, 5) is 32.0. The molecule has 0 saturated carbocycles. The van der Waals surface area contributed by atoms with Crippen molar-refractivity contribution in [2.75, 3.05) is 37.6 Å². The molecule has 2 amide bonds. The van der Waals surface area contributed by atoms with Crippen LogP contribution in [0.15, 0.2) is 24.4 Å². The van der Waals surface area contributed by atoms with Crippen LogP contribution in [-0.2, 0) is 9.59 Å². The summed E-state index contributed by atoms with van der Waals surface area (Å²) >= 11 is 0. The standard InChI is InChI=1S/C16H24N4O2/c1-2-3-7-18-15(21)13-16(22)20-11-9-19(10-12-20)14-6-4-5-8-17-14/h4-6,8H,2-3,7,9-13H2,1H3,(H,18,21). The molecule has 0 spiro atoms. The Morgan fingerprint density at radius 2 is 2.00 bits per heavy atom. The van der Waals surface area contributed by atoms with Crippen LogP contribution in [0.3, 0.4) is 0 Å². The quantitative estimate of drug-likeness (QED) is 0.630. The summed E-state index contributed by atoms with van der Waals surface area (Å²) in [5.74, 6) is 0.673. The van der Waals surface area contributed by atoms with Gasteiger partial charge in [-0.3, -0.25) is 9.59 Å². The van der Waals surface area contributed by atoms with Crippen molar-refractivity contribution in [1.82, 2.24) is 15.2 Å². The van der Waals surface area contributed by atoms with Crippen LogP contribution in [0.1, 0.15) is 26.2 Å². The van der Waals surface area contributed by atoms with E-state index < -0.39 is 0 Å². The van der Waals surface area contributed by atoms with E-state index in [0.29, 0.717) is 19.6 Å². The minimum Gasteiger partial charge on any atom is -0.356 e. The number of hydrogen-bond donors (Lipinski definition) is 1. The first-order chi connectivity index (χ1) is 10.7. The van der Waals surface area contributed by atoms with Crippen LogP contribution in [0.2, 0.25) is 0 Å². The number of carbonyl (C=O) groups excluding carboxylic acids is 2. The number of pyridine rings is 1. The van der Waals surface area contributed by atoms with Crippen molar-refractivity contribution < 1.29 is 9.59 Å². The van der Waals surface area contributed by atoms with Crippen LogP contribution >= 0.6 is 0 Å². The average Bonchev–Trinajstić information content (AvgIpc) is 2.56. The van der Waals surface area contributed by atoms with Crippen LogP contribution < -0.4 is 10.2 Å². The van der Waals surface area contributed by atoms with E-state index in [1.807, 2.05) is 18.2 Å². The molecule has 1 aliphatic rings. The lowest BCUT2D eigenvalue weighted by Crippen LogP contribution is -2.49. The third kappa shape index (κ3) is 4.72. The van der Waals surface area contributed by atoms with Gasteiger partial charge in [-0.1, -0.05) is 19.4 Å². The van der Waals surface area contributed by atoms with Crippen molar-refractivity contribution in [3.8, 4) is 0 Å². The second kappa shape index (κ2) is 8.36. The second-order valence-corrected chi connectivity index (χ2v) is 5.44. The van der Waals surface area contributed by atoms with E-state index in [2.05, 4.69) is 22.1 Å². The Hall–Kier alpha value is -2.11. The van der Waals surface area contributed by atoms with Crippen molar-refractivity contribution in [2.24, 2.45) is 0 Å². The van der Waals surface area contributed by atoms with E-state index in [4.69, 9.17) is 0 Å². The number of piperazine rings is 1. The Labute approximate surface area is 131 Å². The number of hydrogen-bond acceptors (Lipinski definition) is 4. The van der Waals surface area contributed by atoms with Crippen molar-refractivity contribution in [3.05, 3.63) is 24.4 Å². The molecular formula is C16H24N4O2. The number of anilines is 1. The summed E-state index contributed by atoms with van der Waals surface area (Å²) in [7, 11) is 0. The highest BCUT2D eigenvalue weighted by atomic mass is 16.2. The number of aromatic nitrogens is 1. The topological polar surface area (TPSA) is 65.5 Å². The van der Waals surface area contributed by atoms with Gasteiger partial charge in [-0.2, -0.15) is 0 Å². The van der Waals surface area contributed by atoms with Gasteiger partial charge in [0.05, 0.1) is 0 Å². The fraction of sp³-hybridized carbons (Fsp3) is 0.562. The van der Waals surface area contributed by atoms with Crippen molar-refractivity contribution >= 4 is 17.6 Å². The highest BCUT2D eigenvalue weighted by molar-refractivity contribution is 5.96. The number of nitrogens with one attached hydrogen (secondary N) is 1. The summed E-state index contributed by atoms with van der Waals surface area (Å²) in [6.45, 7) is 5.49. The number of nitrogens with zero attached hydrogens (tertiary/aromatic N) is 3. The van der Waals surface area contributed by atoms with Crippen LogP contribution in [0.25, 0.3) is 0 Å². The van der Waals surface area contributed by atoms with Gasteiger partial charge >= 0.3 is 0 Å². The zero-order valence-electron chi connectivity index (χ0n) is 13.1. The Morgan fingerprint density at radius 3 is 2.64 bits per heavy atom. The molecule has 2 rings (SSSR count). The lowest BCUT2D eigenvalue weighted by Gasteiger charge is -2.35. The van der Waals surface area contributed by atoms with Gasteiger partial charge in [0.25, 0.3) is 0 Å². The normalized spacial score (nSPS) is 14.8. The molecule has 6 nitrogen and oxygen atoms in total. The van der Waals surface area contributed by atoms with Crippen molar-refractivity contribution in [2.45, 2.75) is 26.2 Å². The average molecular weight is 304 g/mol. The molecule has 0 bridgehead atoms. The smallest absolute Gasteiger partial charge is 0.232 e. The van der Waals surface area contributed by atoms with Crippen LogP contribution in [0.4, 0.5) is 5.82 Å². The van der Waals surface area contributed by atoms with E-state index in [9.17, 15) is 9.59 Å². The predicted octanol–water partition coefficient (Wildman–Crippen LogP) is 1.04. The molecular weight excluding hydrogens is 280 g/mol. The summed E-state index contributed by atoms with van der Waals surface area (Å²) in [5.41, 5.74) is 0. The Morgan fingerprint density at radius 1 is 1.23 bits per heavy atom. The van der Waals surface area contributed by atoms with Crippen LogP contribution in [0, 0.1) is 0 Å². The third-order valence-electron chi connectivity index (χ3n) is 3.77. The molecule has 1 aromatic rings. The molecule has 1 saturated heterocycles. The maximum absolute atomic E-state index is 12.1. The molecule has 22 heavy (non-hydrogen) atoms. The zero-order valence-corrected chi connectivity index (χ0v) is 13.1. The van der Waals surface area contributed by atoms with E-state index >= 15 is 0 Å². The summed E-state index contributed by atoms with van der Waals surface area (Å²) < 4.78 is 0. The van der Waals surface area contributed by atoms with Gasteiger partial charge < -0.3 is 15.1 Å². The summed E-state index contributed by atoms with van der Waals surface area (Å²) in [6, 6.07) is 5.82. The van der Waals surface area contributed by atoms with Crippen molar-refractivity contribution in [1.29, 1.82) is 0 Å². The fourth-order valence-electron chi connectivity index (χ4n) is 2.44. The van der Waals surface area contributed by atoms with E-state index in [1.54, 1.807) is 11.1 Å². The summed E-state index contributed by atoms with van der Waals surface area (Å²) in [6.07, 6.45) is 3.70. The number of amides is 2. The van der Waals surface area contributed by atoms with E-state index in [1.165, 1.54) is 0 Å². The lowest BCUT2D eigenvalue weighted by atomic mass is 10.2.